The SMILES string of the molecule is COc1cccc(C(=O)N2CCc3ccc(Br)cc32)c1OC. The quantitative estimate of drug-likeness (QED) is 0.836. The number of fused-ring (bicyclic) bond motifs is 1. The second-order valence-corrected chi connectivity index (χ2v) is 5.94. The van der Waals surface area contributed by atoms with Gasteiger partial charge in [0.15, 0.2) is 11.5 Å². The zero-order chi connectivity index (χ0) is 15.7. The van der Waals surface area contributed by atoms with Gasteiger partial charge in [-0.05, 0) is 36.2 Å². The molecule has 3 rings (SSSR count). The molecule has 1 aliphatic rings. The number of rotatable bonds is 3. The van der Waals surface area contributed by atoms with Gasteiger partial charge >= 0.3 is 0 Å². The first-order valence-corrected chi connectivity index (χ1v) is 7.76. The summed E-state index contributed by atoms with van der Waals surface area (Å²) in [5.41, 5.74) is 2.64. The fraction of sp³-hybridized carbons (Fsp3) is 0.235. The van der Waals surface area contributed by atoms with Crippen LogP contribution in [0.5, 0.6) is 11.5 Å². The first-order chi connectivity index (χ1) is 10.7. The number of carbonyl (C=O) groups excluding carboxylic acids is 1. The number of halogens is 1. The van der Waals surface area contributed by atoms with E-state index < -0.39 is 0 Å². The monoisotopic (exact) mass is 361 g/mol. The third kappa shape index (κ3) is 2.46. The number of amides is 1. The largest absolute Gasteiger partial charge is 0.493 e. The van der Waals surface area contributed by atoms with Crippen LogP contribution in [0.3, 0.4) is 0 Å². The minimum atomic E-state index is -0.0763. The van der Waals surface area contributed by atoms with E-state index in [1.54, 1.807) is 37.3 Å². The van der Waals surface area contributed by atoms with Crippen molar-refractivity contribution in [3.63, 3.8) is 0 Å². The Morgan fingerprint density at radius 2 is 2.00 bits per heavy atom. The van der Waals surface area contributed by atoms with Crippen LogP contribution in [0.4, 0.5) is 5.69 Å². The van der Waals surface area contributed by atoms with Crippen molar-refractivity contribution in [1.82, 2.24) is 0 Å². The van der Waals surface area contributed by atoms with Crippen LogP contribution < -0.4 is 14.4 Å². The third-order valence-corrected chi connectivity index (χ3v) is 4.31. The van der Waals surface area contributed by atoms with Crippen LogP contribution in [0.1, 0.15) is 15.9 Å². The van der Waals surface area contributed by atoms with Crippen molar-refractivity contribution >= 4 is 27.5 Å². The Labute approximate surface area is 137 Å². The van der Waals surface area contributed by atoms with Gasteiger partial charge in [-0.1, -0.05) is 28.1 Å². The molecule has 0 N–H and O–H groups in total. The Morgan fingerprint density at radius 1 is 1.18 bits per heavy atom. The Hall–Kier alpha value is -2.01. The molecule has 1 heterocycles. The zero-order valence-corrected chi connectivity index (χ0v) is 14.0. The minimum absolute atomic E-state index is 0.0763. The number of ether oxygens (including phenoxy) is 2. The number of hydrogen-bond donors (Lipinski definition) is 0. The number of hydrogen-bond acceptors (Lipinski definition) is 3. The molecule has 0 fully saturated rings. The molecule has 4 nitrogen and oxygen atoms in total. The molecule has 5 heteroatoms. The summed E-state index contributed by atoms with van der Waals surface area (Å²) < 4.78 is 11.6. The van der Waals surface area contributed by atoms with E-state index in [1.807, 2.05) is 12.1 Å². The van der Waals surface area contributed by atoms with Crippen LogP contribution in [-0.4, -0.2) is 26.7 Å². The lowest BCUT2D eigenvalue weighted by molar-refractivity contribution is 0.0986. The maximum atomic E-state index is 12.9. The van der Waals surface area contributed by atoms with Crippen molar-refractivity contribution in [3.8, 4) is 11.5 Å². The van der Waals surface area contributed by atoms with E-state index in [2.05, 4.69) is 22.0 Å². The van der Waals surface area contributed by atoms with E-state index in [4.69, 9.17) is 9.47 Å². The van der Waals surface area contributed by atoms with E-state index in [0.717, 1.165) is 16.6 Å². The summed E-state index contributed by atoms with van der Waals surface area (Å²) in [5, 5.41) is 0. The standard InChI is InChI=1S/C17H16BrNO3/c1-21-15-5-3-4-13(16(15)22-2)17(20)19-9-8-11-6-7-12(18)10-14(11)19/h3-7,10H,8-9H2,1-2H3. The fourth-order valence-electron chi connectivity index (χ4n) is 2.76. The molecule has 0 bridgehead atoms. The number of para-hydroxylation sites is 1. The van der Waals surface area contributed by atoms with Gasteiger partial charge < -0.3 is 14.4 Å². The zero-order valence-electron chi connectivity index (χ0n) is 12.4. The summed E-state index contributed by atoms with van der Waals surface area (Å²) in [7, 11) is 3.11. The third-order valence-electron chi connectivity index (χ3n) is 3.82. The summed E-state index contributed by atoms with van der Waals surface area (Å²) >= 11 is 3.47. The molecule has 2 aromatic rings. The lowest BCUT2D eigenvalue weighted by Gasteiger charge is -2.20. The van der Waals surface area contributed by atoms with Gasteiger partial charge in [0.1, 0.15) is 0 Å². The predicted octanol–water partition coefficient (Wildman–Crippen LogP) is 3.67. The molecule has 0 atom stereocenters. The highest BCUT2D eigenvalue weighted by Crippen LogP contribution is 2.36. The van der Waals surface area contributed by atoms with Crippen LogP contribution in [0.25, 0.3) is 0 Å². The maximum absolute atomic E-state index is 12.9. The van der Waals surface area contributed by atoms with Gasteiger partial charge in [0.25, 0.3) is 5.91 Å². The summed E-state index contributed by atoms with van der Waals surface area (Å²) in [4.78, 5) is 14.7. The highest BCUT2D eigenvalue weighted by atomic mass is 79.9. The van der Waals surface area contributed by atoms with E-state index in [1.165, 1.54) is 5.56 Å². The molecule has 0 saturated heterocycles. The van der Waals surface area contributed by atoms with E-state index in [9.17, 15) is 4.79 Å². The fourth-order valence-corrected chi connectivity index (χ4v) is 3.11. The number of methoxy groups -OCH3 is 2. The van der Waals surface area contributed by atoms with Crippen LogP contribution in [-0.2, 0) is 6.42 Å². The number of anilines is 1. The topological polar surface area (TPSA) is 38.8 Å². The second kappa shape index (κ2) is 6.01. The van der Waals surface area contributed by atoms with Gasteiger partial charge in [-0.2, -0.15) is 0 Å². The first kappa shape index (κ1) is 14.9. The molecule has 0 unspecified atom stereocenters. The molecule has 0 radical (unpaired) electrons. The van der Waals surface area contributed by atoms with Gasteiger partial charge in [0, 0.05) is 16.7 Å². The van der Waals surface area contributed by atoms with Crippen LogP contribution in [0.15, 0.2) is 40.9 Å². The summed E-state index contributed by atoms with van der Waals surface area (Å²) in [6, 6.07) is 11.4. The normalized spacial score (nSPS) is 13.0. The predicted molar refractivity (Wildman–Crippen MR) is 89.1 cm³/mol. The first-order valence-electron chi connectivity index (χ1n) is 6.97. The van der Waals surface area contributed by atoms with Gasteiger partial charge in [0.05, 0.1) is 19.8 Å². The average Bonchev–Trinajstić information content (AvgIpc) is 2.96. The average molecular weight is 362 g/mol. The molecular weight excluding hydrogens is 346 g/mol. The summed E-state index contributed by atoms with van der Waals surface area (Å²) in [6.07, 6.45) is 0.862. The van der Waals surface area contributed by atoms with E-state index in [0.29, 0.717) is 23.6 Å². The Kier molecular flexibility index (Phi) is 4.07. The summed E-state index contributed by atoms with van der Waals surface area (Å²) in [5.74, 6) is 0.952. The molecule has 0 aromatic heterocycles. The highest BCUT2D eigenvalue weighted by molar-refractivity contribution is 9.10. The van der Waals surface area contributed by atoms with Gasteiger partial charge in [0.2, 0.25) is 0 Å². The van der Waals surface area contributed by atoms with Crippen LogP contribution in [0, 0.1) is 0 Å². The molecule has 1 aliphatic heterocycles. The smallest absolute Gasteiger partial charge is 0.262 e. The van der Waals surface area contributed by atoms with Gasteiger partial charge in [-0.15, -0.1) is 0 Å². The molecule has 1 amide bonds. The van der Waals surface area contributed by atoms with Crippen molar-refractivity contribution in [2.45, 2.75) is 6.42 Å². The highest BCUT2D eigenvalue weighted by Gasteiger charge is 2.28. The van der Waals surface area contributed by atoms with Crippen molar-refractivity contribution in [1.29, 1.82) is 0 Å². The van der Waals surface area contributed by atoms with Crippen molar-refractivity contribution in [2.24, 2.45) is 0 Å². The number of carbonyl (C=O) groups is 1. The molecule has 0 spiro atoms. The van der Waals surface area contributed by atoms with Crippen molar-refractivity contribution in [3.05, 3.63) is 52.0 Å². The minimum Gasteiger partial charge on any atom is -0.493 e. The van der Waals surface area contributed by atoms with E-state index in [-0.39, 0.29) is 5.91 Å². The van der Waals surface area contributed by atoms with Gasteiger partial charge in [-0.25, -0.2) is 0 Å². The molecule has 0 saturated carbocycles. The van der Waals surface area contributed by atoms with Crippen LogP contribution >= 0.6 is 15.9 Å². The van der Waals surface area contributed by atoms with Gasteiger partial charge in [-0.3, -0.25) is 4.79 Å². The Balaban J connectivity index is 2.02. The molecule has 22 heavy (non-hydrogen) atoms. The van der Waals surface area contributed by atoms with Crippen LogP contribution in [0.2, 0.25) is 0 Å². The lowest BCUT2D eigenvalue weighted by Crippen LogP contribution is -2.29. The molecule has 2 aromatic carbocycles. The maximum Gasteiger partial charge on any atom is 0.262 e. The summed E-state index contributed by atoms with van der Waals surface area (Å²) in [6.45, 7) is 0.672. The molecular formula is C17H16BrNO3. The number of benzene rings is 2. The van der Waals surface area contributed by atoms with Crippen molar-refractivity contribution < 1.29 is 14.3 Å². The van der Waals surface area contributed by atoms with Crippen molar-refractivity contribution in [2.75, 3.05) is 25.7 Å². The Morgan fingerprint density at radius 3 is 2.73 bits per heavy atom. The Bertz CT molecular complexity index is 730. The second-order valence-electron chi connectivity index (χ2n) is 5.02. The molecule has 0 aliphatic carbocycles. The number of nitrogens with zero attached hydrogens (tertiary/aromatic N) is 1. The molecule has 114 valence electrons. The van der Waals surface area contributed by atoms with E-state index >= 15 is 0 Å². The lowest BCUT2D eigenvalue weighted by atomic mass is 10.1.